The van der Waals surface area contributed by atoms with Crippen molar-refractivity contribution in [2.24, 2.45) is 0 Å². The third-order valence-electron chi connectivity index (χ3n) is 4.76. The van der Waals surface area contributed by atoms with Crippen LogP contribution in [-0.4, -0.2) is 33.3 Å². The Morgan fingerprint density at radius 2 is 1.39 bits per heavy atom. The molecule has 6 heteroatoms. The Hall–Kier alpha value is -3.93. The number of nitrogens with one attached hydrogen (secondary N) is 2. The van der Waals surface area contributed by atoms with Crippen molar-refractivity contribution < 1.29 is 9.53 Å². The van der Waals surface area contributed by atoms with E-state index in [1.807, 2.05) is 48.5 Å². The minimum atomic E-state index is 0.621. The Labute approximate surface area is 160 Å². The Kier molecular flexibility index (Phi) is 3.69. The van der Waals surface area contributed by atoms with Crippen molar-refractivity contribution >= 4 is 28.4 Å². The summed E-state index contributed by atoms with van der Waals surface area (Å²) in [5.41, 5.74) is 6.03. The number of imidazole rings is 2. The lowest BCUT2D eigenvalue weighted by molar-refractivity contribution is 0.112. The number of ether oxygens (including phenoxy) is 1. The fourth-order valence-electron chi connectivity index (χ4n) is 3.28. The second-order valence-corrected chi connectivity index (χ2v) is 6.53. The van der Waals surface area contributed by atoms with Gasteiger partial charge < -0.3 is 14.7 Å². The van der Waals surface area contributed by atoms with E-state index in [9.17, 15) is 4.79 Å². The van der Waals surface area contributed by atoms with Crippen LogP contribution in [0, 0.1) is 0 Å². The van der Waals surface area contributed by atoms with Crippen molar-refractivity contribution in [3.8, 4) is 28.5 Å². The molecule has 0 fully saturated rings. The molecule has 2 aromatic heterocycles. The van der Waals surface area contributed by atoms with Crippen LogP contribution in [-0.2, 0) is 0 Å². The first-order chi connectivity index (χ1) is 13.7. The summed E-state index contributed by atoms with van der Waals surface area (Å²) in [7, 11) is 1.65. The average molecular weight is 368 g/mol. The summed E-state index contributed by atoms with van der Waals surface area (Å²) < 4.78 is 5.21. The highest BCUT2D eigenvalue weighted by Crippen LogP contribution is 2.27. The molecule has 136 valence electrons. The SMILES string of the molecule is COc1ccc(-c2nc3ccc(-c4nc5ccc(C=O)cc5[nH]4)cc3[nH]2)cc1. The number of methoxy groups -OCH3 is 1. The molecule has 0 atom stereocenters. The first-order valence-corrected chi connectivity index (χ1v) is 8.83. The van der Waals surface area contributed by atoms with Gasteiger partial charge in [-0.15, -0.1) is 0 Å². The number of aldehydes is 1. The number of carbonyl (C=O) groups excluding carboxylic acids is 1. The van der Waals surface area contributed by atoms with Crippen LogP contribution < -0.4 is 4.74 Å². The summed E-state index contributed by atoms with van der Waals surface area (Å²) in [6.07, 6.45) is 0.831. The van der Waals surface area contributed by atoms with Crippen LogP contribution in [0.4, 0.5) is 0 Å². The monoisotopic (exact) mass is 368 g/mol. The first-order valence-electron chi connectivity index (χ1n) is 8.83. The van der Waals surface area contributed by atoms with Crippen molar-refractivity contribution in [1.82, 2.24) is 19.9 Å². The molecule has 5 rings (SSSR count). The lowest BCUT2D eigenvalue weighted by Gasteiger charge is -2.00. The highest BCUT2D eigenvalue weighted by atomic mass is 16.5. The number of nitrogens with zero attached hydrogens (tertiary/aromatic N) is 2. The second-order valence-electron chi connectivity index (χ2n) is 6.53. The van der Waals surface area contributed by atoms with Crippen LogP contribution in [0.2, 0.25) is 0 Å². The minimum absolute atomic E-state index is 0.621. The van der Waals surface area contributed by atoms with Crippen LogP contribution in [0.1, 0.15) is 10.4 Å². The van der Waals surface area contributed by atoms with E-state index in [0.717, 1.165) is 56.9 Å². The fraction of sp³-hybridized carbons (Fsp3) is 0.0455. The molecule has 0 spiro atoms. The summed E-state index contributed by atoms with van der Waals surface area (Å²) >= 11 is 0. The van der Waals surface area contributed by atoms with E-state index in [2.05, 4.69) is 19.9 Å². The molecule has 0 radical (unpaired) electrons. The maximum atomic E-state index is 11.0. The molecular weight excluding hydrogens is 352 g/mol. The van der Waals surface area contributed by atoms with Crippen LogP contribution in [0.3, 0.4) is 0 Å². The Bertz CT molecular complexity index is 1320. The van der Waals surface area contributed by atoms with E-state index in [0.29, 0.717) is 5.56 Å². The Morgan fingerprint density at radius 3 is 2.07 bits per heavy atom. The van der Waals surface area contributed by atoms with Gasteiger partial charge >= 0.3 is 0 Å². The van der Waals surface area contributed by atoms with Crippen LogP contribution >= 0.6 is 0 Å². The average Bonchev–Trinajstić information content (AvgIpc) is 3.36. The number of benzene rings is 3. The summed E-state index contributed by atoms with van der Waals surface area (Å²) in [6, 6.07) is 19.2. The summed E-state index contributed by atoms with van der Waals surface area (Å²) in [5, 5.41) is 0. The molecule has 2 heterocycles. The van der Waals surface area contributed by atoms with Gasteiger partial charge in [0, 0.05) is 16.7 Å². The Balaban J connectivity index is 1.55. The van der Waals surface area contributed by atoms with E-state index >= 15 is 0 Å². The number of H-pyrrole nitrogens is 2. The van der Waals surface area contributed by atoms with E-state index < -0.39 is 0 Å². The maximum Gasteiger partial charge on any atom is 0.150 e. The zero-order valence-electron chi connectivity index (χ0n) is 15.1. The molecular formula is C22H16N4O2. The van der Waals surface area contributed by atoms with Gasteiger partial charge in [0.2, 0.25) is 0 Å². The van der Waals surface area contributed by atoms with E-state index in [1.54, 1.807) is 19.2 Å². The molecule has 0 saturated heterocycles. The molecule has 0 aliphatic carbocycles. The quantitative estimate of drug-likeness (QED) is 0.454. The molecule has 0 aliphatic rings. The molecule has 2 N–H and O–H groups in total. The van der Waals surface area contributed by atoms with Crippen LogP contribution in [0.25, 0.3) is 44.8 Å². The number of aromatic amines is 2. The van der Waals surface area contributed by atoms with Crippen LogP contribution in [0.15, 0.2) is 60.7 Å². The van der Waals surface area contributed by atoms with Gasteiger partial charge in [-0.3, -0.25) is 4.79 Å². The van der Waals surface area contributed by atoms with E-state index in [1.165, 1.54) is 0 Å². The highest BCUT2D eigenvalue weighted by molar-refractivity contribution is 5.88. The highest BCUT2D eigenvalue weighted by Gasteiger charge is 2.10. The number of fused-ring (bicyclic) bond motifs is 2. The number of rotatable bonds is 4. The molecule has 6 nitrogen and oxygen atoms in total. The summed E-state index contributed by atoms with van der Waals surface area (Å²) in [5.74, 6) is 2.36. The molecule has 3 aromatic carbocycles. The summed E-state index contributed by atoms with van der Waals surface area (Å²) in [6.45, 7) is 0. The number of carbonyl (C=O) groups is 1. The first kappa shape index (κ1) is 16.3. The lowest BCUT2D eigenvalue weighted by atomic mass is 10.2. The van der Waals surface area contributed by atoms with Gasteiger partial charge in [0.15, 0.2) is 0 Å². The maximum absolute atomic E-state index is 11.0. The van der Waals surface area contributed by atoms with Crippen molar-refractivity contribution in [2.75, 3.05) is 7.11 Å². The van der Waals surface area contributed by atoms with E-state index in [4.69, 9.17) is 4.74 Å². The van der Waals surface area contributed by atoms with Gasteiger partial charge in [0.25, 0.3) is 0 Å². The zero-order valence-corrected chi connectivity index (χ0v) is 15.1. The van der Waals surface area contributed by atoms with Crippen molar-refractivity contribution in [1.29, 1.82) is 0 Å². The number of hydrogen-bond acceptors (Lipinski definition) is 4. The number of aromatic nitrogens is 4. The fourth-order valence-corrected chi connectivity index (χ4v) is 3.28. The zero-order chi connectivity index (χ0) is 19.1. The van der Waals surface area contributed by atoms with Crippen molar-refractivity contribution in [3.05, 3.63) is 66.2 Å². The van der Waals surface area contributed by atoms with Gasteiger partial charge in [0.1, 0.15) is 23.7 Å². The molecule has 0 amide bonds. The second kappa shape index (κ2) is 6.35. The van der Waals surface area contributed by atoms with Gasteiger partial charge in [-0.25, -0.2) is 9.97 Å². The topological polar surface area (TPSA) is 83.7 Å². The largest absolute Gasteiger partial charge is 0.497 e. The third kappa shape index (κ3) is 2.72. The minimum Gasteiger partial charge on any atom is -0.497 e. The van der Waals surface area contributed by atoms with Gasteiger partial charge in [-0.1, -0.05) is 0 Å². The molecule has 0 aliphatic heterocycles. The third-order valence-corrected chi connectivity index (χ3v) is 4.76. The molecule has 0 unspecified atom stereocenters. The van der Waals surface area contributed by atoms with Crippen LogP contribution in [0.5, 0.6) is 5.75 Å². The molecule has 28 heavy (non-hydrogen) atoms. The lowest BCUT2D eigenvalue weighted by Crippen LogP contribution is -1.83. The predicted octanol–water partition coefficient (Wildman–Crippen LogP) is 4.59. The number of hydrogen-bond donors (Lipinski definition) is 2. The van der Waals surface area contributed by atoms with Gasteiger partial charge in [-0.2, -0.15) is 0 Å². The Morgan fingerprint density at radius 1 is 0.786 bits per heavy atom. The molecule has 0 bridgehead atoms. The molecule has 0 saturated carbocycles. The predicted molar refractivity (Wildman–Crippen MR) is 109 cm³/mol. The standard InChI is InChI=1S/C22H16N4O2/c1-28-16-6-3-14(4-7-16)21-23-18-9-5-15(11-20(18)26-21)22-24-17-8-2-13(12-27)10-19(17)25-22/h2-12H,1H3,(H,23,26)(H,24,25). The van der Waals surface area contributed by atoms with E-state index in [-0.39, 0.29) is 0 Å². The normalized spacial score (nSPS) is 11.2. The summed E-state index contributed by atoms with van der Waals surface area (Å²) in [4.78, 5) is 26.9. The molecule has 5 aromatic rings. The van der Waals surface area contributed by atoms with Gasteiger partial charge in [-0.05, 0) is 60.7 Å². The van der Waals surface area contributed by atoms with Gasteiger partial charge in [0.05, 0.1) is 29.2 Å². The van der Waals surface area contributed by atoms with Crippen molar-refractivity contribution in [2.45, 2.75) is 0 Å². The smallest absolute Gasteiger partial charge is 0.150 e. The van der Waals surface area contributed by atoms with Crippen molar-refractivity contribution in [3.63, 3.8) is 0 Å².